The number of halogens is 1. The van der Waals surface area contributed by atoms with Crippen LogP contribution in [0.1, 0.15) is 22.9 Å². The summed E-state index contributed by atoms with van der Waals surface area (Å²) in [5.41, 5.74) is 3.82. The van der Waals surface area contributed by atoms with E-state index in [9.17, 15) is 0 Å². The Bertz CT molecular complexity index is 948. The van der Waals surface area contributed by atoms with Crippen molar-refractivity contribution in [1.29, 1.82) is 0 Å². The highest BCUT2D eigenvalue weighted by Gasteiger charge is 2.26. The molecule has 0 radical (unpaired) electrons. The van der Waals surface area contributed by atoms with Gasteiger partial charge in [-0.2, -0.15) is 0 Å². The van der Waals surface area contributed by atoms with E-state index < -0.39 is 0 Å². The number of hydrogen-bond donors (Lipinski definition) is 0. The van der Waals surface area contributed by atoms with Crippen LogP contribution in [0.15, 0.2) is 48.7 Å². The van der Waals surface area contributed by atoms with Crippen LogP contribution in [0.4, 0.5) is 5.82 Å². The molecule has 1 saturated heterocycles. The van der Waals surface area contributed by atoms with Crippen molar-refractivity contribution < 1.29 is 4.74 Å². The molecule has 1 fully saturated rings. The predicted molar refractivity (Wildman–Crippen MR) is 107 cm³/mol. The Morgan fingerprint density at radius 3 is 2.67 bits per heavy atom. The minimum atomic E-state index is -0.0829. The summed E-state index contributed by atoms with van der Waals surface area (Å²) in [6.07, 6.45) is 1.68. The number of anilines is 1. The van der Waals surface area contributed by atoms with Crippen LogP contribution in [0.25, 0.3) is 11.5 Å². The second-order valence-electron chi connectivity index (χ2n) is 6.62. The Morgan fingerprint density at radius 2 is 1.89 bits per heavy atom. The monoisotopic (exact) mass is 380 g/mol. The van der Waals surface area contributed by atoms with Gasteiger partial charge in [-0.25, -0.2) is 9.97 Å². The van der Waals surface area contributed by atoms with Gasteiger partial charge in [0, 0.05) is 41.1 Å². The van der Waals surface area contributed by atoms with E-state index in [4.69, 9.17) is 21.3 Å². The van der Waals surface area contributed by atoms with Gasteiger partial charge in [0.2, 0.25) is 0 Å². The number of benzene rings is 1. The van der Waals surface area contributed by atoms with Gasteiger partial charge in [0.1, 0.15) is 17.6 Å². The first kappa shape index (κ1) is 17.9. The Morgan fingerprint density at radius 1 is 1.07 bits per heavy atom. The maximum Gasteiger partial charge on any atom is 0.180 e. The van der Waals surface area contributed by atoms with E-state index in [2.05, 4.69) is 21.8 Å². The summed E-state index contributed by atoms with van der Waals surface area (Å²) in [6.45, 7) is 6.17. The topological polar surface area (TPSA) is 51.1 Å². The molecule has 6 heteroatoms. The molecule has 1 aliphatic rings. The zero-order valence-corrected chi connectivity index (χ0v) is 16.1. The van der Waals surface area contributed by atoms with Crippen molar-refractivity contribution >= 4 is 17.4 Å². The Hall–Kier alpha value is -2.50. The van der Waals surface area contributed by atoms with Crippen LogP contribution in [0, 0.1) is 13.8 Å². The third-order valence-corrected chi connectivity index (χ3v) is 5.22. The summed E-state index contributed by atoms with van der Waals surface area (Å²) < 4.78 is 6.00. The minimum absolute atomic E-state index is 0.0829. The maximum atomic E-state index is 6.38. The Kier molecular flexibility index (Phi) is 5.05. The fourth-order valence-corrected chi connectivity index (χ4v) is 3.55. The van der Waals surface area contributed by atoms with Crippen LogP contribution in [-0.4, -0.2) is 34.6 Å². The van der Waals surface area contributed by atoms with Gasteiger partial charge < -0.3 is 9.64 Å². The molecule has 0 bridgehead atoms. The van der Waals surface area contributed by atoms with Crippen LogP contribution < -0.4 is 4.90 Å². The first-order valence-corrected chi connectivity index (χ1v) is 9.39. The lowest BCUT2D eigenvalue weighted by Crippen LogP contribution is -2.39. The number of aromatic nitrogens is 3. The van der Waals surface area contributed by atoms with E-state index in [1.54, 1.807) is 6.20 Å². The quantitative estimate of drug-likeness (QED) is 0.674. The lowest BCUT2D eigenvalue weighted by Gasteiger charge is -2.35. The van der Waals surface area contributed by atoms with Crippen molar-refractivity contribution in [3.63, 3.8) is 0 Å². The van der Waals surface area contributed by atoms with Crippen LogP contribution >= 0.6 is 11.6 Å². The highest BCUT2D eigenvalue weighted by Crippen LogP contribution is 2.32. The second kappa shape index (κ2) is 7.62. The first-order chi connectivity index (χ1) is 13.1. The molecule has 138 valence electrons. The number of pyridine rings is 1. The van der Waals surface area contributed by atoms with Crippen molar-refractivity contribution in [1.82, 2.24) is 15.0 Å². The molecule has 0 aliphatic carbocycles. The van der Waals surface area contributed by atoms with Crippen molar-refractivity contribution in [3.8, 4) is 11.5 Å². The SMILES string of the molecule is Cc1nc(-c2ccccn2)nc(N2CCOC(c3ccccc3Cl)C2)c1C. The molecular weight excluding hydrogens is 360 g/mol. The largest absolute Gasteiger partial charge is 0.370 e. The molecule has 3 heterocycles. The Labute approximate surface area is 164 Å². The number of hydrogen-bond acceptors (Lipinski definition) is 5. The average Bonchev–Trinajstić information content (AvgIpc) is 2.71. The van der Waals surface area contributed by atoms with Crippen LogP contribution in [-0.2, 0) is 4.74 Å². The molecule has 3 aromatic rings. The van der Waals surface area contributed by atoms with Crippen molar-refractivity contribution in [3.05, 3.63) is 70.5 Å². The third-order valence-electron chi connectivity index (χ3n) is 4.88. The summed E-state index contributed by atoms with van der Waals surface area (Å²) in [5.74, 6) is 1.58. The first-order valence-electron chi connectivity index (χ1n) is 9.01. The van der Waals surface area contributed by atoms with Gasteiger partial charge in [-0.1, -0.05) is 35.9 Å². The highest BCUT2D eigenvalue weighted by molar-refractivity contribution is 6.31. The molecule has 1 unspecified atom stereocenters. The molecular formula is C21H21ClN4O. The van der Waals surface area contributed by atoms with Gasteiger partial charge in [0.05, 0.1) is 6.61 Å². The number of aryl methyl sites for hydroxylation is 1. The zero-order valence-electron chi connectivity index (χ0n) is 15.4. The molecule has 0 spiro atoms. The molecule has 1 aliphatic heterocycles. The summed E-state index contributed by atoms with van der Waals surface area (Å²) in [5, 5.41) is 0.731. The predicted octanol–water partition coefficient (Wildman–Crippen LogP) is 4.39. The maximum absolute atomic E-state index is 6.38. The highest BCUT2D eigenvalue weighted by atomic mass is 35.5. The molecule has 1 atom stereocenters. The normalized spacial score (nSPS) is 17.1. The van der Waals surface area contributed by atoms with Crippen molar-refractivity contribution in [2.45, 2.75) is 20.0 Å². The molecule has 5 nitrogen and oxygen atoms in total. The van der Waals surface area contributed by atoms with E-state index in [-0.39, 0.29) is 6.10 Å². The van der Waals surface area contributed by atoms with Crippen molar-refractivity contribution in [2.75, 3.05) is 24.6 Å². The van der Waals surface area contributed by atoms with Crippen LogP contribution in [0.2, 0.25) is 5.02 Å². The lowest BCUT2D eigenvalue weighted by atomic mass is 10.1. The van der Waals surface area contributed by atoms with Crippen molar-refractivity contribution in [2.24, 2.45) is 0 Å². The van der Waals surface area contributed by atoms with Gasteiger partial charge in [-0.15, -0.1) is 0 Å². The molecule has 27 heavy (non-hydrogen) atoms. The summed E-state index contributed by atoms with van der Waals surface area (Å²) in [7, 11) is 0. The second-order valence-corrected chi connectivity index (χ2v) is 7.03. The van der Waals surface area contributed by atoms with E-state index in [0.29, 0.717) is 19.0 Å². The number of rotatable bonds is 3. The summed E-state index contributed by atoms with van der Waals surface area (Å²) >= 11 is 6.38. The van der Waals surface area contributed by atoms with Gasteiger partial charge in [-0.05, 0) is 32.0 Å². The molecule has 1 aromatic carbocycles. The zero-order chi connectivity index (χ0) is 18.8. The fourth-order valence-electron chi connectivity index (χ4n) is 3.30. The standard InChI is InChI=1S/C21H21ClN4O/c1-14-15(2)24-20(18-9-5-6-10-23-18)25-21(14)26-11-12-27-19(13-26)16-7-3-4-8-17(16)22/h3-10,19H,11-13H2,1-2H3. The number of ether oxygens (including phenoxy) is 1. The fraction of sp³-hybridized carbons (Fsp3) is 0.286. The van der Waals surface area contributed by atoms with E-state index in [0.717, 1.165) is 39.9 Å². The summed E-state index contributed by atoms with van der Waals surface area (Å²) in [6, 6.07) is 13.6. The average molecular weight is 381 g/mol. The lowest BCUT2D eigenvalue weighted by molar-refractivity contribution is 0.0395. The van der Waals surface area contributed by atoms with Crippen LogP contribution in [0.5, 0.6) is 0 Å². The van der Waals surface area contributed by atoms with E-state index in [1.165, 1.54) is 0 Å². The number of morpholine rings is 1. The smallest absolute Gasteiger partial charge is 0.180 e. The van der Waals surface area contributed by atoms with E-state index in [1.807, 2.05) is 49.4 Å². The number of nitrogens with zero attached hydrogens (tertiary/aromatic N) is 4. The van der Waals surface area contributed by atoms with Gasteiger partial charge in [-0.3, -0.25) is 4.98 Å². The van der Waals surface area contributed by atoms with Gasteiger partial charge in [0.15, 0.2) is 5.82 Å². The van der Waals surface area contributed by atoms with Gasteiger partial charge >= 0.3 is 0 Å². The van der Waals surface area contributed by atoms with Crippen LogP contribution in [0.3, 0.4) is 0 Å². The minimum Gasteiger partial charge on any atom is -0.370 e. The molecule has 2 aromatic heterocycles. The van der Waals surface area contributed by atoms with Gasteiger partial charge in [0.25, 0.3) is 0 Å². The molecule has 0 saturated carbocycles. The molecule has 0 amide bonds. The molecule has 4 rings (SSSR count). The van der Waals surface area contributed by atoms with E-state index >= 15 is 0 Å². The third kappa shape index (κ3) is 3.66. The summed E-state index contributed by atoms with van der Waals surface area (Å²) in [4.78, 5) is 16.1. The Balaban J connectivity index is 1.68. The molecule has 0 N–H and O–H groups in total.